The van der Waals surface area contributed by atoms with E-state index in [1.54, 1.807) is 0 Å². The zero-order valence-electron chi connectivity index (χ0n) is 21.0. The molecule has 7 nitrogen and oxygen atoms in total. The number of rotatable bonds is 7. The molecular weight excluding hydrogens is 460 g/mol. The third-order valence-electron chi connectivity index (χ3n) is 6.97. The Morgan fingerprint density at radius 3 is 2.19 bits per heavy atom. The van der Waals surface area contributed by atoms with Gasteiger partial charge in [0.2, 0.25) is 5.91 Å². The second kappa shape index (κ2) is 11.2. The van der Waals surface area contributed by atoms with Crippen molar-refractivity contribution in [2.24, 2.45) is 0 Å². The van der Waals surface area contributed by atoms with Gasteiger partial charge in [-0.25, -0.2) is 9.97 Å². The van der Waals surface area contributed by atoms with Gasteiger partial charge in [-0.1, -0.05) is 72.8 Å². The first kappa shape index (κ1) is 24.4. The summed E-state index contributed by atoms with van der Waals surface area (Å²) in [7, 11) is 0. The summed E-state index contributed by atoms with van der Waals surface area (Å²) in [4.78, 5) is 26.8. The molecule has 2 heterocycles. The highest BCUT2D eigenvalue weighted by molar-refractivity contribution is 5.89. The molecule has 1 amide bonds. The van der Waals surface area contributed by atoms with Gasteiger partial charge in [0.1, 0.15) is 12.2 Å². The van der Waals surface area contributed by atoms with Crippen molar-refractivity contribution >= 4 is 22.8 Å². The Balaban J connectivity index is 1.39. The van der Waals surface area contributed by atoms with Crippen LogP contribution in [0.2, 0.25) is 0 Å². The number of nitrogens with one attached hydrogen (secondary N) is 2. The third kappa shape index (κ3) is 5.60. The Kier molecular flexibility index (Phi) is 7.38. The second-order valence-corrected chi connectivity index (χ2v) is 9.52. The van der Waals surface area contributed by atoms with Crippen molar-refractivity contribution in [1.82, 2.24) is 15.3 Å². The number of piperazine rings is 1. The number of nitrogens with zero attached hydrogens (tertiary/aromatic N) is 4. The van der Waals surface area contributed by atoms with Gasteiger partial charge >= 0.3 is 0 Å². The number of benzene rings is 3. The SMILES string of the molecule is C[C@@H](NC(=O)[C@@H](C#N)c1nc2ccccc2nc1N1CC[NH+](Cc2ccccc2)CC1)c1ccccc1. The third-order valence-corrected chi connectivity index (χ3v) is 6.97. The van der Waals surface area contributed by atoms with Crippen LogP contribution in [0.5, 0.6) is 0 Å². The van der Waals surface area contributed by atoms with E-state index in [2.05, 4.69) is 40.6 Å². The van der Waals surface area contributed by atoms with Crippen LogP contribution in [-0.4, -0.2) is 42.1 Å². The lowest BCUT2D eigenvalue weighted by Gasteiger charge is -2.34. The Labute approximate surface area is 217 Å². The number of para-hydroxylation sites is 2. The standard InChI is InChI=1S/C30H30N6O/c1-22(24-12-6-3-7-13-24)32-30(37)25(20-31)28-29(34-27-15-9-8-14-26(27)33-28)36-18-16-35(17-19-36)21-23-10-4-2-5-11-23/h2-15,22,25H,16-19,21H2,1H3,(H,32,37)/p+1/t22-,25+/m1/s1. The monoisotopic (exact) mass is 491 g/mol. The molecule has 1 aliphatic heterocycles. The molecule has 1 aliphatic rings. The quantitative estimate of drug-likeness (QED) is 0.415. The smallest absolute Gasteiger partial charge is 0.244 e. The highest BCUT2D eigenvalue weighted by Crippen LogP contribution is 2.28. The molecule has 186 valence electrons. The average molecular weight is 492 g/mol. The van der Waals surface area contributed by atoms with E-state index in [4.69, 9.17) is 9.97 Å². The van der Waals surface area contributed by atoms with Crippen molar-refractivity contribution in [2.75, 3.05) is 31.1 Å². The van der Waals surface area contributed by atoms with Crippen molar-refractivity contribution in [3.8, 4) is 6.07 Å². The molecule has 2 N–H and O–H groups in total. The summed E-state index contributed by atoms with van der Waals surface area (Å²) < 4.78 is 0. The zero-order chi connectivity index (χ0) is 25.6. The lowest BCUT2D eigenvalue weighted by Crippen LogP contribution is -3.13. The fraction of sp³-hybridized carbons (Fsp3) is 0.267. The van der Waals surface area contributed by atoms with Crippen molar-refractivity contribution in [3.05, 3.63) is 102 Å². The number of quaternary nitrogens is 1. The lowest BCUT2D eigenvalue weighted by molar-refractivity contribution is -0.914. The number of carbonyl (C=O) groups is 1. The van der Waals surface area contributed by atoms with Crippen LogP contribution in [0.1, 0.15) is 35.7 Å². The molecule has 0 bridgehead atoms. The summed E-state index contributed by atoms with van der Waals surface area (Å²) in [5, 5.41) is 13.1. The largest absolute Gasteiger partial charge is 0.348 e. The van der Waals surface area contributed by atoms with Crippen molar-refractivity contribution < 1.29 is 9.69 Å². The molecular formula is C30H31N6O+. The van der Waals surface area contributed by atoms with Crippen molar-refractivity contribution in [3.63, 3.8) is 0 Å². The van der Waals surface area contributed by atoms with Crippen LogP contribution >= 0.6 is 0 Å². The Morgan fingerprint density at radius 1 is 0.946 bits per heavy atom. The van der Waals surface area contributed by atoms with Gasteiger partial charge in [-0.3, -0.25) is 4.79 Å². The van der Waals surface area contributed by atoms with E-state index in [-0.39, 0.29) is 11.9 Å². The maximum absolute atomic E-state index is 13.4. The molecule has 3 aromatic carbocycles. The molecule has 5 rings (SSSR count). The molecule has 0 saturated carbocycles. The Morgan fingerprint density at radius 2 is 1.54 bits per heavy atom. The van der Waals surface area contributed by atoms with E-state index in [0.717, 1.165) is 43.8 Å². The summed E-state index contributed by atoms with van der Waals surface area (Å²) >= 11 is 0. The molecule has 4 aromatic rings. The number of amides is 1. The minimum absolute atomic E-state index is 0.230. The molecule has 37 heavy (non-hydrogen) atoms. The number of fused-ring (bicyclic) bond motifs is 1. The van der Waals surface area contributed by atoms with Crippen LogP contribution in [0, 0.1) is 11.3 Å². The van der Waals surface area contributed by atoms with E-state index in [1.165, 1.54) is 10.5 Å². The van der Waals surface area contributed by atoms with Crippen molar-refractivity contribution in [2.45, 2.75) is 25.4 Å². The van der Waals surface area contributed by atoms with Gasteiger partial charge in [0.05, 0.1) is 49.3 Å². The van der Waals surface area contributed by atoms with Gasteiger partial charge in [-0.2, -0.15) is 5.26 Å². The first-order chi connectivity index (χ1) is 18.1. The minimum Gasteiger partial charge on any atom is -0.348 e. The van der Waals surface area contributed by atoms with Crippen LogP contribution in [0.3, 0.4) is 0 Å². The van der Waals surface area contributed by atoms with Crippen LogP contribution < -0.4 is 15.1 Å². The number of carbonyl (C=O) groups excluding carboxylic acids is 1. The predicted molar refractivity (Wildman–Crippen MR) is 144 cm³/mol. The summed E-state index contributed by atoms with van der Waals surface area (Å²) in [6.07, 6.45) is 0. The number of nitriles is 1. The van der Waals surface area contributed by atoms with E-state index >= 15 is 0 Å². The highest BCUT2D eigenvalue weighted by Gasteiger charge is 2.31. The van der Waals surface area contributed by atoms with Gasteiger partial charge in [-0.15, -0.1) is 0 Å². The molecule has 0 radical (unpaired) electrons. The Hall–Kier alpha value is -4.28. The lowest BCUT2D eigenvalue weighted by atomic mass is 10.0. The molecule has 0 aliphatic carbocycles. The zero-order valence-corrected chi connectivity index (χ0v) is 21.0. The molecule has 1 saturated heterocycles. The molecule has 1 fully saturated rings. The summed E-state index contributed by atoms with van der Waals surface area (Å²) in [6, 6.07) is 29.9. The number of hydrogen-bond donors (Lipinski definition) is 2. The van der Waals surface area contributed by atoms with Gasteiger partial charge in [0.15, 0.2) is 11.7 Å². The summed E-state index contributed by atoms with van der Waals surface area (Å²) in [6.45, 7) is 6.34. The fourth-order valence-electron chi connectivity index (χ4n) is 4.89. The van der Waals surface area contributed by atoms with Crippen LogP contribution in [-0.2, 0) is 11.3 Å². The van der Waals surface area contributed by atoms with E-state index in [9.17, 15) is 10.1 Å². The van der Waals surface area contributed by atoms with Gasteiger partial charge in [-0.05, 0) is 24.6 Å². The molecule has 0 unspecified atom stereocenters. The Bertz CT molecular complexity index is 1390. The number of anilines is 1. The normalized spacial score (nSPS) is 15.6. The topological polar surface area (TPSA) is 86.3 Å². The fourth-order valence-corrected chi connectivity index (χ4v) is 4.89. The first-order valence-corrected chi connectivity index (χ1v) is 12.8. The maximum atomic E-state index is 13.4. The molecule has 1 aromatic heterocycles. The molecule has 2 atom stereocenters. The van der Waals surface area contributed by atoms with E-state index in [1.807, 2.05) is 67.6 Å². The van der Waals surface area contributed by atoms with Gasteiger partial charge in [0, 0.05) is 5.56 Å². The van der Waals surface area contributed by atoms with Crippen LogP contribution in [0.4, 0.5) is 5.82 Å². The average Bonchev–Trinajstić information content (AvgIpc) is 2.94. The highest BCUT2D eigenvalue weighted by atomic mass is 16.2. The second-order valence-electron chi connectivity index (χ2n) is 9.52. The predicted octanol–water partition coefficient (Wildman–Crippen LogP) is 3.02. The first-order valence-electron chi connectivity index (χ1n) is 12.8. The summed E-state index contributed by atoms with van der Waals surface area (Å²) in [5.41, 5.74) is 4.17. The number of aromatic nitrogens is 2. The minimum atomic E-state index is -1.06. The van der Waals surface area contributed by atoms with Crippen molar-refractivity contribution in [1.29, 1.82) is 5.26 Å². The van der Waals surface area contributed by atoms with Crippen LogP contribution in [0.15, 0.2) is 84.9 Å². The van der Waals surface area contributed by atoms with Gasteiger partial charge < -0.3 is 15.1 Å². The summed E-state index contributed by atoms with van der Waals surface area (Å²) in [5.74, 6) is -0.794. The van der Waals surface area contributed by atoms with Gasteiger partial charge in [0.25, 0.3) is 0 Å². The number of hydrogen-bond acceptors (Lipinski definition) is 5. The molecule has 7 heteroatoms. The molecule has 0 spiro atoms. The maximum Gasteiger partial charge on any atom is 0.244 e. The van der Waals surface area contributed by atoms with E-state index < -0.39 is 5.92 Å². The van der Waals surface area contributed by atoms with E-state index in [0.29, 0.717) is 17.0 Å². The van der Waals surface area contributed by atoms with Crippen LogP contribution in [0.25, 0.3) is 11.0 Å².